The summed E-state index contributed by atoms with van der Waals surface area (Å²) in [6, 6.07) is 8.43. The molecule has 5 heteroatoms. The SMILES string of the molecule is COc1ccc(Nc2c(F)cccc2F)cc1Cl. The summed E-state index contributed by atoms with van der Waals surface area (Å²) in [6.45, 7) is 0. The Hall–Kier alpha value is -1.81. The van der Waals surface area contributed by atoms with Crippen LogP contribution < -0.4 is 10.1 Å². The first-order valence-corrected chi connectivity index (χ1v) is 5.54. The number of hydrogen-bond acceptors (Lipinski definition) is 2. The molecule has 2 rings (SSSR count). The summed E-state index contributed by atoms with van der Waals surface area (Å²) in [5.41, 5.74) is 0.267. The summed E-state index contributed by atoms with van der Waals surface area (Å²) in [6.07, 6.45) is 0. The quantitative estimate of drug-likeness (QED) is 0.893. The van der Waals surface area contributed by atoms with Gasteiger partial charge in [0.15, 0.2) is 0 Å². The third-order valence-electron chi connectivity index (χ3n) is 2.38. The Bertz CT molecular complexity index is 555. The summed E-state index contributed by atoms with van der Waals surface area (Å²) in [5, 5.41) is 3.00. The van der Waals surface area contributed by atoms with Crippen LogP contribution in [-0.4, -0.2) is 7.11 Å². The molecule has 0 atom stereocenters. The molecule has 0 spiro atoms. The van der Waals surface area contributed by atoms with Gasteiger partial charge in [-0.05, 0) is 30.3 Å². The van der Waals surface area contributed by atoms with Crippen molar-refractivity contribution in [1.82, 2.24) is 0 Å². The lowest BCUT2D eigenvalue weighted by Crippen LogP contribution is -1.97. The van der Waals surface area contributed by atoms with E-state index in [9.17, 15) is 8.78 Å². The van der Waals surface area contributed by atoms with Gasteiger partial charge in [-0.3, -0.25) is 0 Å². The minimum Gasteiger partial charge on any atom is -0.495 e. The van der Waals surface area contributed by atoms with Gasteiger partial charge in [0, 0.05) is 5.69 Å². The molecule has 0 heterocycles. The molecular formula is C13H10ClF2NO. The standard InChI is InChI=1S/C13H10ClF2NO/c1-18-12-6-5-8(7-9(12)14)17-13-10(15)3-2-4-11(13)16/h2-7,17H,1H3. The zero-order chi connectivity index (χ0) is 13.1. The van der Waals surface area contributed by atoms with Crippen molar-refractivity contribution in [2.75, 3.05) is 12.4 Å². The fourth-order valence-corrected chi connectivity index (χ4v) is 1.76. The van der Waals surface area contributed by atoms with Crippen molar-refractivity contribution in [2.24, 2.45) is 0 Å². The van der Waals surface area contributed by atoms with Crippen LogP contribution >= 0.6 is 11.6 Å². The topological polar surface area (TPSA) is 21.3 Å². The summed E-state index contributed by atoms with van der Waals surface area (Å²) in [7, 11) is 1.49. The molecule has 94 valence electrons. The molecule has 2 nitrogen and oxygen atoms in total. The molecule has 0 saturated heterocycles. The first-order chi connectivity index (χ1) is 8.61. The number of hydrogen-bond donors (Lipinski definition) is 1. The zero-order valence-corrected chi connectivity index (χ0v) is 10.3. The summed E-state index contributed by atoms with van der Waals surface area (Å²) < 4.78 is 31.8. The zero-order valence-electron chi connectivity index (χ0n) is 9.51. The highest BCUT2D eigenvalue weighted by atomic mass is 35.5. The highest BCUT2D eigenvalue weighted by molar-refractivity contribution is 6.32. The van der Waals surface area contributed by atoms with Crippen LogP contribution in [0.1, 0.15) is 0 Å². The van der Waals surface area contributed by atoms with Crippen molar-refractivity contribution in [1.29, 1.82) is 0 Å². The lowest BCUT2D eigenvalue weighted by molar-refractivity contribution is 0.415. The fourth-order valence-electron chi connectivity index (χ4n) is 1.51. The van der Waals surface area contributed by atoms with Crippen molar-refractivity contribution < 1.29 is 13.5 Å². The van der Waals surface area contributed by atoms with Gasteiger partial charge in [-0.25, -0.2) is 8.78 Å². The number of benzene rings is 2. The largest absolute Gasteiger partial charge is 0.495 e. The molecule has 0 aliphatic rings. The normalized spacial score (nSPS) is 10.2. The number of nitrogens with one attached hydrogen (secondary N) is 1. The van der Waals surface area contributed by atoms with Crippen LogP contribution in [0.5, 0.6) is 5.75 Å². The average Bonchev–Trinajstić information content (AvgIpc) is 2.34. The van der Waals surface area contributed by atoms with Crippen molar-refractivity contribution in [2.45, 2.75) is 0 Å². The molecular weight excluding hydrogens is 260 g/mol. The minimum absolute atomic E-state index is 0.210. The Morgan fingerprint density at radius 3 is 2.33 bits per heavy atom. The Morgan fingerprint density at radius 1 is 1.11 bits per heavy atom. The Kier molecular flexibility index (Phi) is 3.67. The van der Waals surface area contributed by atoms with E-state index in [-0.39, 0.29) is 5.69 Å². The minimum atomic E-state index is -0.665. The highest BCUT2D eigenvalue weighted by Gasteiger charge is 2.09. The van der Waals surface area contributed by atoms with Crippen LogP contribution in [0.2, 0.25) is 5.02 Å². The van der Waals surface area contributed by atoms with Crippen LogP contribution in [0, 0.1) is 11.6 Å². The fraction of sp³-hybridized carbons (Fsp3) is 0.0769. The van der Waals surface area contributed by atoms with Gasteiger partial charge in [0.25, 0.3) is 0 Å². The van der Waals surface area contributed by atoms with Crippen LogP contribution in [0.15, 0.2) is 36.4 Å². The number of methoxy groups -OCH3 is 1. The van der Waals surface area contributed by atoms with Crippen molar-refractivity contribution in [3.8, 4) is 5.75 Å². The lowest BCUT2D eigenvalue weighted by atomic mass is 10.2. The van der Waals surface area contributed by atoms with Crippen molar-refractivity contribution in [3.05, 3.63) is 53.1 Å². The second-order valence-corrected chi connectivity index (χ2v) is 3.98. The second kappa shape index (κ2) is 5.23. The molecule has 0 aliphatic carbocycles. The van der Waals surface area contributed by atoms with Gasteiger partial charge in [-0.1, -0.05) is 17.7 Å². The molecule has 0 saturated carbocycles. The number of ether oxygens (including phenoxy) is 1. The van der Waals surface area contributed by atoms with E-state index >= 15 is 0 Å². The molecule has 0 fully saturated rings. The van der Waals surface area contributed by atoms with Crippen LogP contribution in [0.25, 0.3) is 0 Å². The van der Waals surface area contributed by atoms with Crippen LogP contribution in [-0.2, 0) is 0 Å². The maximum absolute atomic E-state index is 13.4. The van der Waals surface area contributed by atoms with E-state index in [0.29, 0.717) is 16.5 Å². The monoisotopic (exact) mass is 269 g/mol. The number of anilines is 2. The number of halogens is 3. The van der Waals surface area contributed by atoms with E-state index in [1.807, 2.05) is 0 Å². The van der Waals surface area contributed by atoms with Crippen molar-refractivity contribution in [3.63, 3.8) is 0 Å². The molecule has 0 aliphatic heterocycles. The predicted octanol–water partition coefficient (Wildman–Crippen LogP) is 4.37. The third-order valence-corrected chi connectivity index (χ3v) is 2.68. The van der Waals surface area contributed by atoms with Gasteiger partial charge in [0.1, 0.15) is 23.1 Å². The van der Waals surface area contributed by atoms with Crippen LogP contribution in [0.4, 0.5) is 20.2 Å². The number of para-hydroxylation sites is 1. The van der Waals surface area contributed by atoms with E-state index in [1.165, 1.54) is 31.4 Å². The third kappa shape index (κ3) is 2.54. The molecule has 1 N–H and O–H groups in total. The summed E-state index contributed by atoms with van der Waals surface area (Å²) in [5.74, 6) is -0.833. The second-order valence-electron chi connectivity index (χ2n) is 3.57. The van der Waals surface area contributed by atoms with E-state index in [2.05, 4.69) is 5.32 Å². The highest BCUT2D eigenvalue weighted by Crippen LogP contribution is 2.30. The summed E-state index contributed by atoms with van der Waals surface area (Å²) in [4.78, 5) is 0. The smallest absolute Gasteiger partial charge is 0.149 e. The molecule has 0 radical (unpaired) electrons. The van der Waals surface area contributed by atoms with Gasteiger partial charge >= 0.3 is 0 Å². The first kappa shape index (κ1) is 12.6. The van der Waals surface area contributed by atoms with E-state index in [4.69, 9.17) is 16.3 Å². The Morgan fingerprint density at radius 2 is 1.78 bits per heavy atom. The van der Waals surface area contributed by atoms with E-state index < -0.39 is 11.6 Å². The maximum Gasteiger partial charge on any atom is 0.149 e. The lowest BCUT2D eigenvalue weighted by Gasteiger charge is -2.10. The van der Waals surface area contributed by atoms with Gasteiger partial charge in [0.2, 0.25) is 0 Å². The molecule has 0 aromatic heterocycles. The molecule has 0 unspecified atom stereocenters. The average molecular weight is 270 g/mol. The van der Waals surface area contributed by atoms with Crippen molar-refractivity contribution >= 4 is 23.0 Å². The first-order valence-electron chi connectivity index (χ1n) is 5.16. The molecule has 0 amide bonds. The van der Waals surface area contributed by atoms with Gasteiger partial charge in [0.05, 0.1) is 12.1 Å². The summed E-state index contributed by atoms with van der Waals surface area (Å²) >= 11 is 5.92. The Labute approximate surface area is 108 Å². The Balaban J connectivity index is 2.32. The molecule has 2 aromatic carbocycles. The molecule has 2 aromatic rings. The maximum atomic E-state index is 13.4. The van der Waals surface area contributed by atoms with Gasteiger partial charge in [-0.2, -0.15) is 0 Å². The number of rotatable bonds is 3. The molecule has 18 heavy (non-hydrogen) atoms. The van der Waals surface area contributed by atoms with E-state index in [1.54, 1.807) is 12.1 Å². The van der Waals surface area contributed by atoms with Gasteiger partial charge in [-0.15, -0.1) is 0 Å². The van der Waals surface area contributed by atoms with E-state index in [0.717, 1.165) is 0 Å². The van der Waals surface area contributed by atoms with Crippen LogP contribution in [0.3, 0.4) is 0 Å². The predicted molar refractivity (Wildman–Crippen MR) is 67.6 cm³/mol. The van der Waals surface area contributed by atoms with Gasteiger partial charge < -0.3 is 10.1 Å². The molecule has 0 bridgehead atoms.